The van der Waals surface area contributed by atoms with Gasteiger partial charge in [-0.05, 0) is 41.1 Å². The summed E-state index contributed by atoms with van der Waals surface area (Å²) >= 11 is 2.02. The molecule has 0 fully saturated rings. The average Bonchev–Trinajstić information content (AvgIpc) is 2.12. The molecule has 0 unspecified atom stereocenters. The van der Waals surface area contributed by atoms with E-state index in [9.17, 15) is 8.42 Å². The lowest BCUT2D eigenvalue weighted by atomic mass is 10.3. The van der Waals surface area contributed by atoms with Crippen LogP contribution in [0.5, 0.6) is 0 Å². The second kappa shape index (κ2) is 5.02. The van der Waals surface area contributed by atoms with Gasteiger partial charge in [0.2, 0.25) is 10.0 Å². The Balaban J connectivity index is 2.95. The van der Waals surface area contributed by atoms with E-state index in [0.29, 0.717) is 17.8 Å². The minimum Gasteiger partial charge on any atom is -0.398 e. The molecule has 6 heteroatoms. The normalized spacial score (nSPS) is 11.3. The summed E-state index contributed by atoms with van der Waals surface area (Å²) in [7, 11) is -3.23. The van der Waals surface area contributed by atoms with Gasteiger partial charge < -0.3 is 5.73 Å². The number of nitrogen functional groups attached to an aromatic ring is 1. The van der Waals surface area contributed by atoms with E-state index in [1.54, 1.807) is 18.2 Å². The maximum absolute atomic E-state index is 11.5. The van der Waals surface area contributed by atoms with Gasteiger partial charge in [-0.15, -0.1) is 0 Å². The number of hydrogen-bond donors (Lipinski definition) is 2. The van der Waals surface area contributed by atoms with Crippen LogP contribution in [0.1, 0.15) is 13.3 Å². The van der Waals surface area contributed by atoms with E-state index in [1.807, 2.05) is 29.5 Å². The number of nitrogens with one attached hydrogen (secondary N) is 1. The zero-order chi connectivity index (χ0) is 11.5. The third-order valence-corrected chi connectivity index (χ3v) is 4.45. The lowest BCUT2D eigenvalue weighted by Crippen LogP contribution is -2.17. The summed E-state index contributed by atoms with van der Waals surface area (Å²) in [6.45, 7) is 1.82. The lowest BCUT2D eigenvalue weighted by Gasteiger charge is -2.09. The summed E-state index contributed by atoms with van der Waals surface area (Å²) in [4.78, 5) is 0. The van der Waals surface area contributed by atoms with Crippen LogP contribution in [0.4, 0.5) is 11.4 Å². The zero-order valence-corrected chi connectivity index (χ0v) is 11.3. The van der Waals surface area contributed by atoms with Crippen LogP contribution in [0.15, 0.2) is 18.2 Å². The van der Waals surface area contributed by atoms with Crippen molar-refractivity contribution in [3.8, 4) is 0 Å². The van der Waals surface area contributed by atoms with E-state index in [2.05, 4.69) is 4.72 Å². The highest BCUT2D eigenvalue weighted by molar-refractivity contribution is 14.1. The van der Waals surface area contributed by atoms with Gasteiger partial charge in [-0.25, -0.2) is 8.42 Å². The fourth-order valence-corrected chi connectivity index (χ4v) is 2.94. The van der Waals surface area contributed by atoms with Gasteiger partial charge in [0.25, 0.3) is 0 Å². The minimum atomic E-state index is -3.23. The first kappa shape index (κ1) is 12.6. The summed E-state index contributed by atoms with van der Waals surface area (Å²) in [6, 6.07) is 5.16. The lowest BCUT2D eigenvalue weighted by molar-refractivity contribution is 0.600. The number of rotatable bonds is 4. The van der Waals surface area contributed by atoms with Gasteiger partial charge >= 0.3 is 0 Å². The fraction of sp³-hybridized carbons (Fsp3) is 0.333. The molecule has 84 valence electrons. The van der Waals surface area contributed by atoms with Gasteiger partial charge in [-0.1, -0.05) is 13.0 Å². The van der Waals surface area contributed by atoms with Crippen molar-refractivity contribution in [1.82, 2.24) is 0 Å². The van der Waals surface area contributed by atoms with Crippen molar-refractivity contribution in [1.29, 1.82) is 0 Å². The third kappa shape index (κ3) is 3.53. The molecule has 0 aliphatic heterocycles. The average molecular weight is 340 g/mol. The SMILES string of the molecule is CCCS(=O)(=O)Nc1cccc(N)c1I. The smallest absolute Gasteiger partial charge is 0.232 e. The summed E-state index contributed by atoms with van der Waals surface area (Å²) in [5.41, 5.74) is 6.79. The Morgan fingerprint density at radius 3 is 2.73 bits per heavy atom. The highest BCUT2D eigenvalue weighted by Crippen LogP contribution is 2.24. The highest BCUT2D eigenvalue weighted by Gasteiger charge is 2.11. The number of nitrogens with two attached hydrogens (primary N) is 1. The number of halogens is 1. The number of sulfonamides is 1. The van der Waals surface area contributed by atoms with E-state index in [0.717, 1.165) is 3.57 Å². The van der Waals surface area contributed by atoms with Crippen molar-refractivity contribution < 1.29 is 8.42 Å². The molecule has 0 saturated carbocycles. The van der Waals surface area contributed by atoms with Gasteiger partial charge in [0.15, 0.2) is 0 Å². The highest BCUT2D eigenvalue weighted by atomic mass is 127. The molecular weight excluding hydrogens is 327 g/mol. The molecule has 4 nitrogen and oxygen atoms in total. The predicted octanol–water partition coefficient (Wildman–Crippen LogP) is 2.03. The molecule has 0 aliphatic rings. The Morgan fingerprint density at radius 1 is 1.47 bits per heavy atom. The Morgan fingerprint density at radius 2 is 2.13 bits per heavy atom. The van der Waals surface area contributed by atoms with Crippen LogP contribution in [0.3, 0.4) is 0 Å². The molecule has 0 radical (unpaired) electrons. The first-order valence-electron chi connectivity index (χ1n) is 4.50. The van der Waals surface area contributed by atoms with Crippen molar-refractivity contribution in [2.45, 2.75) is 13.3 Å². The predicted molar refractivity (Wildman–Crippen MR) is 71.3 cm³/mol. The Hall–Kier alpha value is -0.500. The largest absolute Gasteiger partial charge is 0.398 e. The van der Waals surface area contributed by atoms with Gasteiger partial charge in [0.05, 0.1) is 15.0 Å². The molecule has 0 aromatic heterocycles. The van der Waals surface area contributed by atoms with Crippen LogP contribution in [0.2, 0.25) is 0 Å². The summed E-state index contributed by atoms with van der Waals surface area (Å²) in [6.07, 6.45) is 0.591. The van der Waals surface area contributed by atoms with E-state index in [4.69, 9.17) is 5.73 Å². The van der Waals surface area contributed by atoms with Gasteiger partial charge in [-0.3, -0.25) is 4.72 Å². The molecule has 0 aliphatic carbocycles. The van der Waals surface area contributed by atoms with Crippen molar-refractivity contribution in [3.05, 3.63) is 21.8 Å². The van der Waals surface area contributed by atoms with Crippen LogP contribution >= 0.6 is 22.6 Å². The van der Waals surface area contributed by atoms with E-state index < -0.39 is 10.0 Å². The zero-order valence-electron chi connectivity index (χ0n) is 8.33. The Bertz CT molecular complexity index is 445. The maximum Gasteiger partial charge on any atom is 0.232 e. The van der Waals surface area contributed by atoms with Crippen LogP contribution in [-0.2, 0) is 10.0 Å². The molecule has 0 atom stereocenters. The van der Waals surface area contributed by atoms with Crippen LogP contribution in [-0.4, -0.2) is 14.2 Å². The second-order valence-corrected chi connectivity index (χ2v) is 6.05. The van der Waals surface area contributed by atoms with Gasteiger partial charge in [-0.2, -0.15) is 0 Å². The first-order valence-corrected chi connectivity index (χ1v) is 7.24. The number of anilines is 2. The van der Waals surface area contributed by atoms with Crippen molar-refractivity contribution in [2.24, 2.45) is 0 Å². The van der Waals surface area contributed by atoms with Gasteiger partial charge in [0.1, 0.15) is 0 Å². The van der Waals surface area contributed by atoms with Crippen molar-refractivity contribution in [2.75, 3.05) is 16.2 Å². The minimum absolute atomic E-state index is 0.123. The maximum atomic E-state index is 11.5. The van der Waals surface area contributed by atoms with Crippen LogP contribution in [0, 0.1) is 3.57 Å². The van der Waals surface area contributed by atoms with Crippen molar-refractivity contribution >= 4 is 44.0 Å². The molecule has 0 heterocycles. The fourth-order valence-electron chi connectivity index (χ4n) is 1.12. The second-order valence-electron chi connectivity index (χ2n) is 3.13. The molecule has 0 amide bonds. The molecule has 0 saturated heterocycles. The topological polar surface area (TPSA) is 72.2 Å². The number of benzene rings is 1. The number of hydrogen-bond acceptors (Lipinski definition) is 3. The summed E-state index contributed by atoms with van der Waals surface area (Å²) < 4.78 is 26.3. The molecule has 1 aromatic carbocycles. The Kier molecular flexibility index (Phi) is 4.21. The molecule has 0 spiro atoms. The molecular formula is C9H13IN2O2S. The molecule has 0 bridgehead atoms. The van der Waals surface area contributed by atoms with Gasteiger partial charge in [0, 0.05) is 5.69 Å². The monoisotopic (exact) mass is 340 g/mol. The third-order valence-electron chi connectivity index (χ3n) is 1.77. The van der Waals surface area contributed by atoms with E-state index in [1.165, 1.54) is 0 Å². The quantitative estimate of drug-likeness (QED) is 0.651. The first-order chi connectivity index (χ1) is 6.96. The van der Waals surface area contributed by atoms with Crippen LogP contribution in [0.25, 0.3) is 0 Å². The van der Waals surface area contributed by atoms with Crippen LogP contribution < -0.4 is 10.5 Å². The summed E-state index contributed by atoms with van der Waals surface area (Å²) in [5.74, 6) is 0.123. The van der Waals surface area contributed by atoms with Crippen molar-refractivity contribution in [3.63, 3.8) is 0 Å². The molecule has 15 heavy (non-hydrogen) atoms. The molecule has 1 aromatic rings. The standard InChI is InChI=1S/C9H13IN2O2S/c1-2-6-15(13,14)12-8-5-3-4-7(11)9(8)10/h3-5,12H,2,6,11H2,1H3. The Labute approximate surface area is 103 Å². The molecule has 3 N–H and O–H groups in total. The summed E-state index contributed by atoms with van der Waals surface area (Å²) in [5, 5.41) is 0. The van der Waals surface area contributed by atoms with E-state index >= 15 is 0 Å². The molecule has 1 rings (SSSR count). The van der Waals surface area contributed by atoms with E-state index in [-0.39, 0.29) is 5.75 Å².